The Kier molecular flexibility index (Phi) is 6.26. The molecule has 2 aromatic carbocycles. The number of hydrogen-bond acceptors (Lipinski definition) is 3. The lowest BCUT2D eigenvalue weighted by Crippen LogP contribution is -2.36. The van der Waals surface area contributed by atoms with Crippen molar-refractivity contribution in [1.82, 2.24) is 5.32 Å². The minimum absolute atomic E-state index is 0.198. The number of carbonyl (C=O) groups excluding carboxylic acids is 1. The van der Waals surface area contributed by atoms with Crippen LogP contribution >= 0.6 is 0 Å². The van der Waals surface area contributed by atoms with Crippen molar-refractivity contribution in [3.63, 3.8) is 0 Å². The van der Waals surface area contributed by atoms with E-state index in [2.05, 4.69) is 5.32 Å². The molecule has 2 aromatic rings. The Balaban J connectivity index is 2.35. The van der Waals surface area contributed by atoms with Crippen LogP contribution in [0, 0.1) is 6.92 Å². The van der Waals surface area contributed by atoms with E-state index in [9.17, 15) is 18.0 Å². The van der Waals surface area contributed by atoms with Crippen molar-refractivity contribution < 1.29 is 22.7 Å². The van der Waals surface area contributed by atoms with E-state index < -0.39 is 11.7 Å². The highest BCUT2D eigenvalue weighted by atomic mass is 19.4. The fourth-order valence-electron chi connectivity index (χ4n) is 2.57. The van der Waals surface area contributed by atoms with Gasteiger partial charge in [0.2, 0.25) is 0 Å². The minimum Gasteiger partial charge on any atom is -0.497 e. The molecule has 0 heterocycles. The number of ether oxygens (including phenoxy) is 1. The van der Waals surface area contributed by atoms with Crippen molar-refractivity contribution in [3.05, 3.63) is 59.2 Å². The van der Waals surface area contributed by atoms with Crippen LogP contribution in [-0.4, -0.2) is 33.2 Å². The molecule has 0 aliphatic rings. The van der Waals surface area contributed by atoms with Crippen LogP contribution in [0.2, 0.25) is 0 Å². The zero-order chi connectivity index (χ0) is 19.3. The monoisotopic (exact) mass is 366 g/mol. The smallest absolute Gasteiger partial charge is 0.416 e. The van der Waals surface area contributed by atoms with Gasteiger partial charge >= 0.3 is 6.18 Å². The third-order valence-corrected chi connectivity index (χ3v) is 3.98. The van der Waals surface area contributed by atoms with Crippen LogP contribution < -0.4 is 15.0 Å². The Morgan fingerprint density at radius 2 is 1.81 bits per heavy atom. The molecule has 0 radical (unpaired) electrons. The number of alkyl halides is 3. The molecule has 0 aromatic heterocycles. The summed E-state index contributed by atoms with van der Waals surface area (Å²) < 4.78 is 43.3. The molecule has 2 rings (SSSR count). The van der Waals surface area contributed by atoms with Gasteiger partial charge in [0.05, 0.1) is 12.7 Å². The summed E-state index contributed by atoms with van der Waals surface area (Å²) in [5.41, 5.74) is 0.937. The zero-order valence-corrected chi connectivity index (χ0v) is 14.9. The van der Waals surface area contributed by atoms with Gasteiger partial charge in [-0.3, -0.25) is 4.79 Å². The molecule has 1 N–H and O–H groups in total. The van der Waals surface area contributed by atoms with Crippen LogP contribution in [0.5, 0.6) is 5.75 Å². The number of nitrogens with one attached hydrogen (secondary N) is 1. The van der Waals surface area contributed by atoms with Crippen molar-refractivity contribution in [2.24, 2.45) is 0 Å². The molecule has 140 valence electrons. The quantitative estimate of drug-likeness (QED) is 0.843. The highest BCUT2D eigenvalue weighted by Crippen LogP contribution is 2.30. The lowest BCUT2D eigenvalue weighted by Gasteiger charge is -2.25. The Morgan fingerprint density at radius 1 is 1.15 bits per heavy atom. The van der Waals surface area contributed by atoms with Crippen LogP contribution in [0.4, 0.5) is 18.9 Å². The van der Waals surface area contributed by atoms with Crippen LogP contribution in [0.1, 0.15) is 21.5 Å². The van der Waals surface area contributed by atoms with Gasteiger partial charge in [0.25, 0.3) is 5.91 Å². The Hall–Kier alpha value is -2.54. The maximum absolute atomic E-state index is 12.9. The van der Waals surface area contributed by atoms with E-state index in [1.54, 1.807) is 31.2 Å². The molecule has 0 aliphatic carbocycles. The number of methoxy groups -OCH3 is 1. The summed E-state index contributed by atoms with van der Waals surface area (Å²) in [5, 5.41) is 2.98. The third kappa shape index (κ3) is 4.54. The molecular formula is C19H21F3N2O2. The molecule has 0 atom stereocenters. The Bertz CT molecular complexity index is 758. The van der Waals surface area contributed by atoms with E-state index >= 15 is 0 Å². The molecule has 0 fully saturated rings. The first-order valence-corrected chi connectivity index (χ1v) is 8.06. The maximum atomic E-state index is 12.9. The van der Waals surface area contributed by atoms with E-state index in [0.717, 1.165) is 17.7 Å². The molecule has 0 unspecified atom stereocenters. The average molecular weight is 366 g/mol. The van der Waals surface area contributed by atoms with Gasteiger partial charge < -0.3 is 15.0 Å². The number of aryl methyl sites for hydroxylation is 1. The molecule has 26 heavy (non-hydrogen) atoms. The highest BCUT2D eigenvalue weighted by molar-refractivity contribution is 6.06. The second-order valence-electron chi connectivity index (χ2n) is 5.79. The number of anilines is 1. The predicted molar refractivity (Wildman–Crippen MR) is 94.8 cm³/mol. The van der Waals surface area contributed by atoms with Crippen LogP contribution in [0.3, 0.4) is 0 Å². The minimum atomic E-state index is -4.43. The lowest BCUT2D eigenvalue weighted by atomic mass is 10.1. The molecule has 0 saturated carbocycles. The summed E-state index contributed by atoms with van der Waals surface area (Å²) in [4.78, 5) is 14.5. The standard InChI is InChI=1S/C19H21F3N2O2/c1-13-12-16(26-3)8-9-17(13)24(11-10-23-2)18(25)14-4-6-15(7-5-14)19(20,21)22/h4-9,12,23H,10-11H2,1-3H3. The van der Waals surface area contributed by atoms with E-state index in [1.165, 1.54) is 12.1 Å². The molecule has 0 bridgehead atoms. The Morgan fingerprint density at radius 3 is 2.31 bits per heavy atom. The van der Waals surface area contributed by atoms with Crippen molar-refractivity contribution >= 4 is 11.6 Å². The molecule has 0 aliphatic heterocycles. The summed E-state index contributed by atoms with van der Waals surface area (Å²) in [5.74, 6) is 0.309. The number of amides is 1. The third-order valence-electron chi connectivity index (χ3n) is 3.98. The van der Waals surface area contributed by atoms with Gasteiger partial charge in [-0.15, -0.1) is 0 Å². The summed E-state index contributed by atoms with van der Waals surface area (Å²) in [6.45, 7) is 2.77. The van der Waals surface area contributed by atoms with E-state index in [1.807, 2.05) is 13.0 Å². The molecule has 0 spiro atoms. The zero-order valence-electron chi connectivity index (χ0n) is 14.9. The summed E-state index contributed by atoms with van der Waals surface area (Å²) >= 11 is 0. The van der Waals surface area contributed by atoms with Crippen molar-refractivity contribution in [3.8, 4) is 5.75 Å². The molecule has 1 amide bonds. The van der Waals surface area contributed by atoms with Gasteiger partial charge in [-0.25, -0.2) is 0 Å². The molecule has 0 saturated heterocycles. The van der Waals surface area contributed by atoms with Crippen molar-refractivity contribution in [2.45, 2.75) is 13.1 Å². The summed E-state index contributed by atoms with van der Waals surface area (Å²) in [6, 6.07) is 9.57. The highest BCUT2D eigenvalue weighted by Gasteiger charge is 2.30. The molecule has 4 nitrogen and oxygen atoms in total. The second kappa shape index (κ2) is 8.23. The van der Waals surface area contributed by atoms with Crippen LogP contribution in [-0.2, 0) is 6.18 Å². The fraction of sp³-hybridized carbons (Fsp3) is 0.316. The first-order valence-electron chi connectivity index (χ1n) is 8.06. The summed E-state index contributed by atoms with van der Waals surface area (Å²) in [7, 11) is 3.32. The number of carbonyl (C=O) groups is 1. The predicted octanol–water partition coefficient (Wildman–Crippen LogP) is 3.89. The largest absolute Gasteiger partial charge is 0.497 e. The van der Waals surface area contributed by atoms with Crippen molar-refractivity contribution in [1.29, 1.82) is 0 Å². The number of likely N-dealkylation sites (N-methyl/N-ethyl adjacent to an activating group) is 1. The SMILES string of the molecule is CNCCN(C(=O)c1ccc(C(F)(F)F)cc1)c1ccc(OC)cc1C. The first-order chi connectivity index (χ1) is 12.3. The summed E-state index contributed by atoms with van der Waals surface area (Å²) in [6.07, 6.45) is -4.43. The van der Waals surface area contributed by atoms with Crippen molar-refractivity contribution in [2.75, 3.05) is 32.1 Å². The van der Waals surface area contributed by atoms with E-state index in [0.29, 0.717) is 24.5 Å². The van der Waals surface area contributed by atoms with Gasteiger partial charge in [0.1, 0.15) is 5.75 Å². The van der Waals surface area contributed by atoms with Gasteiger partial charge in [-0.1, -0.05) is 0 Å². The normalized spacial score (nSPS) is 11.3. The topological polar surface area (TPSA) is 41.6 Å². The number of nitrogens with zero attached hydrogens (tertiary/aromatic N) is 1. The number of halogens is 3. The fourth-order valence-corrected chi connectivity index (χ4v) is 2.57. The maximum Gasteiger partial charge on any atom is 0.416 e. The average Bonchev–Trinajstić information content (AvgIpc) is 2.62. The molecular weight excluding hydrogens is 345 g/mol. The van der Waals surface area contributed by atoms with Gasteiger partial charge in [-0.05, 0) is 62.0 Å². The number of rotatable bonds is 6. The first kappa shape index (κ1) is 19.8. The van der Waals surface area contributed by atoms with Gasteiger partial charge in [0, 0.05) is 24.3 Å². The van der Waals surface area contributed by atoms with Gasteiger partial charge in [-0.2, -0.15) is 13.2 Å². The van der Waals surface area contributed by atoms with E-state index in [4.69, 9.17) is 4.74 Å². The molecule has 7 heteroatoms. The van der Waals surface area contributed by atoms with Gasteiger partial charge in [0.15, 0.2) is 0 Å². The van der Waals surface area contributed by atoms with E-state index in [-0.39, 0.29) is 11.5 Å². The van der Waals surface area contributed by atoms with Crippen LogP contribution in [0.15, 0.2) is 42.5 Å². The lowest BCUT2D eigenvalue weighted by molar-refractivity contribution is -0.137. The Labute approximate surface area is 150 Å². The number of hydrogen-bond donors (Lipinski definition) is 1. The number of benzene rings is 2. The van der Waals surface area contributed by atoms with Crippen LogP contribution in [0.25, 0.3) is 0 Å². The second-order valence-corrected chi connectivity index (χ2v) is 5.79.